The lowest BCUT2D eigenvalue weighted by Gasteiger charge is -2.41. The second kappa shape index (κ2) is 10.6. The van der Waals surface area contributed by atoms with Crippen molar-refractivity contribution < 1.29 is 13.2 Å². The number of sulfonamides is 1. The van der Waals surface area contributed by atoms with E-state index in [0.29, 0.717) is 16.8 Å². The van der Waals surface area contributed by atoms with Crippen LogP contribution >= 0.6 is 0 Å². The van der Waals surface area contributed by atoms with Crippen LogP contribution in [0.3, 0.4) is 0 Å². The summed E-state index contributed by atoms with van der Waals surface area (Å²) in [4.78, 5) is 22.1. The molecule has 3 aromatic rings. The van der Waals surface area contributed by atoms with Crippen molar-refractivity contribution in [2.75, 3.05) is 30.9 Å². The summed E-state index contributed by atoms with van der Waals surface area (Å²) < 4.78 is 28.8. The van der Waals surface area contributed by atoms with Crippen molar-refractivity contribution in [2.45, 2.75) is 50.0 Å². The lowest BCUT2D eigenvalue weighted by molar-refractivity contribution is 0.0444. The van der Waals surface area contributed by atoms with E-state index in [1.807, 2.05) is 17.0 Å². The summed E-state index contributed by atoms with van der Waals surface area (Å²) in [5.74, 6) is 0.793. The summed E-state index contributed by atoms with van der Waals surface area (Å²) in [6.45, 7) is 5.79. The highest BCUT2D eigenvalue weighted by Gasteiger charge is 2.29. The summed E-state index contributed by atoms with van der Waals surface area (Å²) in [7, 11) is -3.83. The Bertz CT molecular complexity index is 1310. The van der Waals surface area contributed by atoms with Crippen LogP contribution in [0.2, 0.25) is 0 Å². The molecule has 1 saturated heterocycles. The molecule has 1 aromatic heterocycles. The fraction of sp³-hybridized carbons (Fsp3) is 0.429. The average molecular weight is 507 g/mol. The van der Waals surface area contributed by atoms with Gasteiger partial charge in [0, 0.05) is 55.1 Å². The predicted octanol–water partition coefficient (Wildman–Crippen LogP) is 4.76. The van der Waals surface area contributed by atoms with Crippen molar-refractivity contribution in [3.05, 3.63) is 66.4 Å². The smallest absolute Gasteiger partial charge is 0.264 e. The van der Waals surface area contributed by atoms with E-state index < -0.39 is 10.0 Å². The predicted molar refractivity (Wildman–Crippen MR) is 143 cm³/mol. The first-order valence-corrected chi connectivity index (χ1v) is 14.4. The first-order valence-electron chi connectivity index (χ1n) is 12.9. The number of rotatable bonds is 6. The topological polar surface area (TPSA) is 82.6 Å². The maximum Gasteiger partial charge on any atom is 0.264 e. The molecule has 190 valence electrons. The normalized spacial score (nSPS) is 19.9. The molecule has 0 spiro atoms. The third kappa shape index (κ3) is 5.39. The molecule has 7 nitrogen and oxygen atoms in total. The number of hydrogen-bond acceptors (Lipinski definition) is 5. The van der Waals surface area contributed by atoms with E-state index in [4.69, 9.17) is 0 Å². The Morgan fingerprint density at radius 1 is 1.00 bits per heavy atom. The molecule has 2 heterocycles. The van der Waals surface area contributed by atoms with Gasteiger partial charge in [-0.25, -0.2) is 8.42 Å². The van der Waals surface area contributed by atoms with Crippen LogP contribution in [0.25, 0.3) is 10.9 Å². The summed E-state index contributed by atoms with van der Waals surface area (Å²) in [5, 5.41) is 0.759. The van der Waals surface area contributed by atoms with Gasteiger partial charge in [0.05, 0.1) is 5.52 Å². The van der Waals surface area contributed by atoms with E-state index in [9.17, 15) is 13.2 Å². The minimum atomic E-state index is -3.83. The Morgan fingerprint density at radius 2 is 1.75 bits per heavy atom. The summed E-state index contributed by atoms with van der Waals surface area (Å²) in [5.41, 5.74) is 1.40. The molecule has 5 rings (SSSR count). The number of anilines is 1. The quantitative estimate of drug-likeness (QED) is 0.521. The largest absolute Gasteiger partial charge is 0.333 e. The molecule has 0 bridgehead atoms. The van der Waals surface area contributed by atoms with E-state index in [0.717, 1.165) is 37.5 Å². The van der Waals surface area contributed by atoms with Gasteiger partial charge in [-0.3, -0.25) is 19.4 Å². The fourth-order valence-corrected chi connectivity index (χ4v) is 6.82. The SMILES string of the molecule is C[C@H]1CN(CC2CCCCC2)CCN1C(=O)c1ccc(NS(=O)(=O)c2cccc3cccnc23)cc1. The third-order valence-electron chi connectivity index (χ3n) is 7.48. The van der Waals surface area contributed by atoms with Crippen molar-refractivity contribution in [3.63, 3.8) is 0 Å². The van der Waals surface area contributed by atoms with Gasteiger partial charge in [-0.15, -0.1) is 0 Å². The number of hydrogen-bond donors (Lipinski definition) is 1. The zero-order valence-electron chi connectivity index (χ0n) is 20.8. The molecule has 8 heteroatoms. The maximum atomic E-state index is 13.2. The van der Waals surface area contributed by atoms with E-state index in [2.05, 4.69) is 21.5 Å². The molecule has 0 radical (unpaired) electrons. The molecule has 1 amide bonds. The number of piperazine rings is 1. The number of fused-ring (bicyclic) bond motifs is 1. The van der Waals surface area contributed by atoms with Gasteiger partial charge in [0.15, 0.2) is 0 Å². The fourth-order valence-electron chi connectivity index (χ4n) is 5.59. The summed E-state index contributed by atoms with van der Waals surface area (Å²) in [6, 6.07) is 15.5. The van der Waals surface area contributed by atoms with Gasteiger partial charge in [-0.1, -0.05) is 37.5 Å². The minimum Gasteiger partial charge on any atom is -0.333 e. The number of nitrogens with zero attached hydrogens (tertiary/aromatic N) is 3. The van der Waals surface area contributed by atoms with Gasteiger partial charge in [-0.2, -0.15) is 0 Å². The first kappa shape index (κ1) is 24.7. The highest BCUT2D eigenvalue weighted by Crippen LogP contribution is 2.26. The van der Waals surface area contributed by atoms with Crippen LogP contribution in [0.4, 0.5) is 5.69 Å². The van der Waals surface area contributed by atoms with E-state index in [1.54, 1.807) is 48.7 Å². The molecular formula is C28H34N4O3S. The Balaban J connectivity index is 1.23. The Hall–Kier alpha value is -2.97. The van der Waals surface area contributed by atoms with Gasteiger partial charge in [0.2, 0.25) is 0 Å². The number of pyridine rings is 1. The Labute approximate surface area is 213 Å². The number of carbonyl (C=O) groups is 1. The number of nitrogens with one attached hydrogen (secondary N) is 1. The molecule has 0 unspecified atom stereocenters. The molecule has 1 atom stereocenters. The van der Waals surface area contributed by atoms with Crippen LogP contribution in [0, 0.1) is 5.92 Å². The number of benzene rings is 2. The second-order valence-corrected chi connectivity index (χ2v) is 11.8. The van der Waals surface area contributed by atoms with Crippen molar-refractivity contribution in [3.8, 4) is 0 Å². The van der Waals surface area contributed by atoms with Crippen LogP contribution < -0.4 is 4.72 Å². The van der Waals surface area contributed by atoms with Crippen molar-refractivity contribution >= 4 is 32.5 Å². The van der Waals surface area contributed by atoms with Crippen molar-refractivity contribution in [1.82, 2.24) is 14.8 Å². The average Bonchev–Trinajstić information content (AvgIpc) is 2.89. The highest BCUT2D eigenvalue weighted by molar-refractivity contribution is 7.93. The van der Waals surface area contributed by atoms with E-state index in [1.165, 1.54) is 32.1 Å². The standard InChI is InChI=1S/C28H34N4O3S/c1-21-19-31(20-22-7-3-2-4-8-22)17-18-32(21)28(33)24-12-14-25(15-13-24)30-36(34,35)26-11-5-9-23-10-6-16-29-27(23)26/h5-6,9-16,21-22,30H,2-4,7-8,17-20H2,1H3/t21-/m0/s1. The Kier molecular flexibility index (Phi) is 7.25. The van der Waals surface area contributed by atoms with Gasteiger partial charge < -0.3 is 4.90 Å². The van der Waals surface area contributed by atoms with Crippen molar-refractivity contribution in [2.24, 2.45) is 5.92 Å². The summed E-state index contributed by atoms with van der Waals surface area (Å²) >= 11 is 0. The molecule has 2 aliphatic rings. The van der Waals surface area contributed by atoms with E-state index in [-0.39, 0.29) is 16.8 Å². The van der Waals surface area contributed by atoms with Crippen LogP contribution in [0.1, 0.15) is 49.4 Å². The van der Waals surface area contributed by atoms with Crippen LogP contribution in [-0.4, -0.2) is 61.3 Å². The number of aromatic nitrogens is 1. The van der Waals surface area contributed by atoms with Gasteiger partial charge in [-0.05, 0) is 62.1 Å². The molecule has 2 aromatic carbocycles. The number of para-hydroxylation sites is 1. The van der Waals surface area contributed by atoms with Crippen LogP contribution in [0.15, 0.2) is 65.7 Å². The van der Waals surface area contributed by atoms with Gasteiger partial charge >= 0.3 is 0 Å². The summed E-state index contributed by atoms with van der Waals surface area (Å²) in [6.07, 6.45) is 8.32. The minimum absolute atomic E-state index is 0.00697. The molecule has 1 aliphatic heterocycles. The molecule has 1 aliphatic carbocycles. The third-order valence-corrected chi connectivity index (χ3v) is 8.90. The molecule has 1 saturated carbocycles. The van der Waals surface area contributed by atoms with Crippen molar-refractivity contribution in [1.29, 1.82) is 0 Å². The lowest BCUT2D eigenvalue weighted by Crippen LogP contribution is -2.54. The van der Waals surface area contributed by atoms with Gasteiger partial charge in [0.25, 0.3) is 15.9 Å². The Morgan fingerprint density at radius 3 is 2.50 bits per heavy atom. The van der Waals surface area contributed by atoms with Crippen LogP contribution in [-0.2, 0) is 10.0 Å². The second-order valence-electron chi connectivity index (χ2n) is 10.1. The highest BCUT2D eigenvalue weighted by atomic mass is 32.2. The monoisotopic (exact) mass is 506 g/mol. The molecule has 36 heavy (non-hydrogen) atoms. The first-order chi connectivity index (χ1) is 17.4. The van der Waals surface area contributed by atoms with Crippen LogP contribution in [0.5, 0.6) is 0 Å². The number of amides is 1. The maximum absolute atomic E-state index is 13.2. The van der Waals surface area contributed by atoms with E-state index >= 15 is 0 Å². The molecular weight excluding hydrogens is 472 g/mol. The van der Waals surface area contributed by atoms with Gasteiger partial charge in [0.1, 0.15) is 4.90 Å². The molecule has 2 fully saturated rings. The zero-order valence-corrected chi connectivity index (χ0v) is 21.6. The lowest BCUT2D eigenvalue weighted by atomic mass is 9.88. The molecule has 1 N–H and O–H groups in total. The zero-order chi connectivity index (χ0) is 25.1. The number of carbonyl (C=O) groups excluding carboxylic acids is 1.